The predicted octanol–water partition coefficient (Wildman–Crippen LogP) is 3.70. The van der Waals surface area contributed by atoms with Crippen molar-refractivity contribution >= 4 is 0 Å². The van der Waals surface area contributed by atoms with Crippen LogP contribution in [0.4, 0.5) is 0 Å². The van der Waals surface area contributed by atoms with Crippen molar-refractivity contribution in [2.75, 3.05) is 0 Å². The van der Waals surface area contributed by atoms with Crippen LogP contribution in [0.3, 0.4) is 0 Å². The fourth-order valence-electron chi connectivity index (χ4n) is 1.02. The average molecular weight is 138 g/mol. The Balaban J connectivity index is 4.11. The van der Waals surface area contributed by atoms with Gasteiger partial charge in [0.05, 0.1) is 0 Å². The third-order valence-electron chi connectivity index (χ3n) is 1.65. The molecule has 0 N–H and O–H groups in total. The highest BCUT2D eigenvalue weighted by atomic mass is 14.0. The lowest BCUT2D eigenvalue weighted by atomic mass is 10.0. The minimum atomic E-state index is 1.08. The summed E-state index contributed by atoms with van der Waals surface area (Å²) in [5.74, 6) is 0. The number of hydrogen-bond donors (Lipinski definition) is 0. The van der Waals surface area contributed by atoms with Crippen molar-refractivity contribution < 1.29 is 0 Å². The van der Waals surface area contributed by atoms with E-state index in [-0.39, 0.29) is 0 Å². The lowest BCUT2D eigenvalue weighted by Crippen LogP contribution is -1.85. The summed E-state index contributed by atoms with van der Waals surface area (Å²) in [6, 6.07) is 0. The molecule has 58 valence electrons. The highest BCUT2D eigenvalue weighted by molar-refractivity contribution is 5.15. The Hall–Kier alpha value is -0.520. The van der Waals surface area contributed by atoms with Gasteiger partial charge in [0.2, 0.25) is 0 Å². The average Bonchev–Trinajstić information content (AvgIpc) is 1.81. The van der Waals surface area contributed by atoms with E-state index in [0.717, 1.165) is 12.8 Å². The Morgan fingerprint density at radius 2 is 1.70 bits per heavy atom. The summed E-state index contributed by atoms with van der Waals surface area (Å²) in [7, 11) is 0. The zero-order chi connectivity index (χ0) is 8.15. The van der Waals surface area contributed by atoms with E-state index < -0.39 is 0 Å². The molecule has 0 fully saturated rings. The van der Waals surface area contributed by atoms with E-state index >= 15 is 0 Å². The topological polar surface area (TPSA) is 0 Å². The first kappa shape index (κ1) is 9.48. The molecule has 0 nitrogen and oxygen atoms in total. The van der Waals surface area contributed by atoms with E-state index in [2.05, 4.69) is 34.3 Å². The van der Waals surface area contributed by atoms with Crippen LogP contribution in [0.2, 0.25) is 0 Å². The van der Waals surface area contributed by atoms with Crippen LogP contribution >= 0.6 is 0 Å². The van der Waals surface area contributed by atoms with Gasteiger partial charge in [-0.3, -0.25) is 0 Å². The molecule has 0 heterocycles. The second-order valence-electron chi connectivity index (χ2n) is 3.09. The zero-order valence-electron chi connectivity index (χ0n) is 7.62. The minimum absolute atomic E-state index is 1.08. The van der Waals surface area contributed by atoms with Crippen LogP contribution in [-0.4, -0.2) is 0 Å². The molecule has 0 unspecified atom stereocenters. The molecule has 0 aromatic heterocycles. The quantitative estimate of drug-likeness (QED) is 0.522. The summed E-state index contributed by atoms with van der Waals surface area (Å²) >= 11 is 0. The third kappa shape index (κ3) is 3.49. The van der Waals surface area contributed by atoms with Crippen molar-refractivity contribution in [1.29, 1.82) is 0 Å². The molecular formula is C10H18. The van der Waals surface area contributed by atoms with Crippen LogP contribution in [0.1, 0.15) is 40.5 Å². The van der Waals surface area contributed by atoms with Crippen LogP contribution in [-0.2, 0) is 0 Å². The van der Waals surface area contributed by atoms with Gasteiger partial charge >= 0.3 is 0 Å². The van der Waals surface area contributed by atoms with Crippen molar-refractivity contribution in [3.05, 3.63) is 23.3 Å². The normalized spacial score (nSPS) is 9.20. The molecule has 0 aliphatic rings. The van der Waals surface area contributed by atoms with E-state index in [1.165, 1.54) is 16.7 Å². The van der Waals surface area contributed by atoms with Crippen LogP contribution < -0.4 is 0 Å². The summed E-state index contributed by atoms with van der Waals surface area (Å²) in [6.07, 6.45) is 2.24. The first-order valence-electron chi connectivity index (χ1n) is 3.87. The number of hydrogen-bond acceptors (Lipinski definition) is 0. The smallest absolute Gasteiger partial charge is 0.0112 e. The molecule has 0 radical (unpaired) electrons. The molecule has 0 rings (SSSR count). The number of allylic oxidation sites excluding steroid dienone is 3. The van der Waals surface area contributed by atoms with Gasteiger partial charge in [0.1, 0.15) is 0 Å². The summed E-state index contributed by atoms with van der Waals surface area (Å²) < 4.78 is 0. The van der Waals surface area contributed by atoms with E-state index in [1.807, 2.05) is 0 Å². The monoisotopic (exact) mass is 138 g/mol. The standard InChI is InChI=1S/C10H18/c1-6-10(9(4)5)7-8(2)3/h2,6-7H2,1,3-5H3. The van der Waals surface area contributed by atoms with E-state index in [0.29, 0.717) is 0 Å². The molecule has 0 saturated carbocycles. The molecular weight excluding hydrogens is 120 g/mol. The molecule has 0 heteroatoms. The van der Waals surface area contributed by atoms with Gasteiger partial charge in [-0.2, -0.15) is 0 Å². The van der Waals surface area contributed by atoms with Gasteiger partial charge in [0.15, 0.2) is 0 Å². The molecule has 0 aromatic carbocycles. The first-order valence-corrected chi connectivity index (χ1v) is 3.87. The maximum atomic E-state index is 3.89. The SMILES string of the molecule is C=C(C)CC(CC)=C(C)C. The van der Waals surface area contributed by atoms with Gasteiger partial charge < -0.3 is 0 Å². The Morgan fingerprint density at radius 1 is 1.20 bits per heavy atom. The van der Waals surface area contributed by atoms with Crippen LogP contribution in [0.5, 0.6) is 0 Å². The maximum Gasteiger partial charge on any atom is -0.0112 e. The Morgan fingerprint density at radius 3 is 1.80 bits per heavy atom. The second-order valence-corrected chi connectivity index (χ2v) is 3.09. The Labute approximate surface area is 64.6 Å². The molecule has 0 aliphatic heterocycles. The molecule has 0 aliphatic carbocycles. The zero-order valence-corrected chi connectivity index (χ0v) is 7.62. The largest absolute Gasteiger partial charge is 0.0998 e. The van der Waals surface area contributed by atoms with Gasteiger partial charge in [-0.1, -0.05) is 30.2 Å². The van der Waals surface area contributed by atoms with Gasteiger partial charge in [0, 0.05) is 0 Å². The molecule has 0 atom stereocenters. The Kier molecular flexibility index (Phi) is 4.10. The maximum absolute atomic E-state index is 3.89. The summed E-state index contributed by atoms with van der Waals surface area (Å²) in [6.45, 7) is 12.5. The van der Waals surface area contributed by atoms with Crippen LogP contribution in [0.15, 0.2) is 23.3 Å². The van der Waals surface area contributed by atoms with Crippen molar-refractivity contribution in [3.63, 3.8) is 0 Å². The van der Waals surface area contributed by atoms with Gasteiger partial charge in [0.25, 0.3) is 0 Å². The van der Waals surface area contributed by atoms with Gasteiger partial charge in [-0.15, -0.1) is 0 Å². The van der Waals surface area contributed by atoms with E-state index in [4.69, 9.17) is 0 Å². The highest BCUT2D eigenvalue weighted by Gasteiger charge is 1.95. The molecule has 0 saturated heterocycles. The van der Waals surface area contributed by atoms with Gasteiger partial charge in [-0.05, 0) is 33.6 Å². The van der Waals surface area contributed by atoms with Crippen LogP contribution in [0, 0.1) is 0 Å². The van der Waals surface area contributed by atoms with Crippen molar-refractivity contribution in [1.82, 2.24) is 0 Å². The van der Waals surface area contributed by atoms with Crippen molar-refractivity contribution in [2.45, 2.75) is 40.5 Å². The van der Waals surface area contributed by atoms with Crippen molar-refractivity contribution in [3.8, 4) is 0 Å². The summed E-state index contributed by atoms with van der Waals surface area (Å²) in [4.78, 5) is 0. The second kappa shape index (κ2) is 4.32. The fraction of sp³-hybridized carbons (Fsp3) is 0.600. The molecule has 0 spiro atoms. The molecule has 0 aromatic rings. The third-order valence-corrected chi connectivity index (χ3v) is 1.65. The summed E-state index contributed by atoms with van der Waals surface area (Å²) in [5, 5.41) is 0. The predicted molar refractivity (Wildman–Crippen MR) is 48.1 cm³/mol. The highest BCUT2D eigenvalue weighted by Crippen LogP contribution is 2.16. The van der Waals surface area contributed by atoms with Crippen LogP contribution in [0.25, 0.3) is 0 Å². The van der Waals surface area contributed by atoms with Gasteiger partial charge in [-0.25, -0.2) is 0 Å². The van der Waals surface area contributed by atoms with Crippen molar-refractivity contribution in [2.24, 2.45) is 0 Å². The fourth-order valence-corrected chi connectivity index (χ4v) is 1.02. The Bertz CT molecular complexity index is 145. The lowest BCUT2D eigenvalue weighted by Gasteiger charge is -2.05. The molecule has 0 bridgehead atoms. The van der Waals surface area contributed by atoms with E-state index in [1.54, 1.807) is 0 Å². The van der Waals surface area contributed by atoms with E-state index in [9.17, 15) is 0 Å². The molecule has 10 heavy (non-hydrogen) atoms. The minimum Gasteiger partial charge on any atom is -0.0998 e. The first-order chi connectivity index (χ1) is 4.57. The lowest BCUT2D eigenvalue weighted by molar-refractivity contribution is 0.960. The number of rotatable bonds is 3. The summed E-state index contributed by atoms with van der Waals surface area (Å²) in [5.41, 5.74) is 4.25. The molecule has 0 amide bonds.